The molecule has 0 atom stereocenters. The van der Waals surface area contributed by atoms with Gasteiger partial charge in [-0.15, -0.1) is 0 Å². The van der Waals surface area contributed by atoms with Crippen molar-refractivity contribution in [3.63, 3.8) is 0 Å². The highest BCUT2D eigenvalue weighted by Gasteiger charge is 2.32. The van der Waals surface area contributed by atoms with Gasteiger partial charge in [-0.3, -0.25) is 0 Å². The van der Waals surface area contributed by atoms with Crippen LogP contribution in [0.5, 0.6) is 0 Å². The standard InChI is InChI=1S/C17H26ClNO/c1-13(2)12-19-8-6-17(20,7-9-19)11-15-5-4-14(3)10-16(15)18/h4-5,10,13,20H,6-9,11-12H2,1-3H3. The Hall–Kier alpha value is -0.570. The Morgan fingerprint density at radius 3 is 2.50 bits per heavy atom. The predicted octanol–water partition coefficient (Wildman–Crippen LogP) is 3.67. The van der Waals surface area contributed by atoms with E-state index in [0.717, 1.165) is 48.6 Å². The van der Waals surface area contributed by atoms with Gasteiger partial charge in [0, 0.05) is 31.1 Å². The maximum absolute atomic E-state index is 10.8. The lowest BCUT2D eigenvalue weighted by molar-refractivity contribution is -0.0227. The number of likely N-dealkylation sites (tertiary alicyclic amines) is 1. The largest absolute Gasteiger partial charge is 0.389 e. The van der Waals surface area contributed by atoms with Crippen molar-refractivity contribution in [1.82, 2.24) is 4.90 Å². The molecule has 20 heavy (non-hydrogen) atoms. The van der Waals surface area contributed by atoms with Crippen LogP contribution in [0, 0.1) is 12.8 Å². The number of nitrogens with zero attached hydrogens (tertiary/aromatic N) is 1. The van der Waals surface area contributed by atoms with Gasteiger partial charge < -0.3 is 10.0 Å². The summed E-state index contributed by atoms with van der Waals surface area (Å²) < 4.78 is 0. The monoisotopic (exact) mass is 295 g/mol. The van der Waals surface area contributed by atoms with Crippen LogP contribution in [0.25, 0.3) is 0 Å². The molecule has 1 N–H and O–H groups in total. The quantitative estimate of drug-likeness (QED) is 0.916. The maximum Gasteiger partial charge on any atom is 0.0712 e. The average molecular weight is 296 g/mol. The van der Waals surface area contributed by atoms with Gasteiger partial charge in [-0.1, -0.05) is 37.6 Å². The number of aliphatic hydroxyl groups is 1. The fraction of sp³-hybridized carbons (Fsp3) is 0.647. The molecule has 1 aromatic carbocycles. The molecular formula is C17H26ClNO. The van der Waals surface area contributed by atoms with Crippen LogP contribution < -0.4 is 0 Å². The minimum atomic E-state index is -0.591. The summed E-state index contributed by atoms with van der Waals surface area (Å²) in [5.74, 6) is 0.688. The highest BCUT2D eigenvalue weighted by Crippen LogP contribution is 2.29. The van der Waals surface area contributed by atoms with Gasteiger partial charge in [0.2, 0.25) is 0 Å². The third kappa shape index (κ3) is 4.21. The minimum Gasteiger partial charge on any atom is -0.389 e. The summed E-state index contributed by atoms with van der Waals surface area (Å²) in [5, 5.41) is 11.6. The molecule has 1 fully saturated rings. The van der Waals surface area contributed by atoms with Crippen molar-refractivity contribution < 1.29 is 5.11 Å². The molecule has 1 heterocycles. The van der Waals surface area contributed by atoms with Crippen molar-refractivity contribution >= 4 is 11.6 Å². The molecule has 1 aromatic rings. The third-order valence-corrected chi connectivity index (χ3v) is 4.49. The van der Waals surface area contributed by atoms with Crippen LogP contribution in [-0.2, 0) is 6.42 Å². The summed E-state index contributed by atoms with van der Waals surface area (Å²) in [4.78, 5) is 2.45. The van der Waals surface area contributed by atoms with Crippen LogP contribution in [0.3, 0.4) is 0 Å². The molecule has 1 aliphatic rings. The van der Waals surface area contributed by atoms with Gasteiger partial charge in [0.1, 0.15) is 0 Å². The van der Waals surface area contributed by atoms with Crippen molar-refractivity contribution in [2.24, 2.45) is 5.92 Å². The van der Waals surface area contributed by atoms with E-state index in [0.29, 0.717) is 12.3 Å². The number of rotatable bonds is 4. The molecule has 2 nitrogen and oxygen atoms in total. The highest BCUT2D eigenvalue weighted by molar-refractivity contribution is 6.31. The van der Waals surface area contributed by atoms with Gasteiger partial charge in [0.25, 0.3) is 0 Å². The first-order valence-electron chi connectivity index (χ1n) is 7.58. The average Bonchev–Trinajstić information content (AvgIpc) is 2.36. The molecule has 0 spiro atoms. The van der Waals surface area contributed by atoms with Crippen molar-refractivity contribution in [3.8, 4) is 0 Å². The molecule has 0 aliphatic carbocycles. The number of aryl methyl sites for hydroxylation is 1. The van der Waals surface area contributed by atoms with Gasteiger partial charge in [-0.05, 0) is 42.9 Å². The van der Waals surface area contributed by atoms with Crippen LogP contribution in [0.2, 0.25) is 5.02 Å². The molecule has 0 radical (unpaired) electrons. The molecule has 2 rings (SSSR count). The molecular weight excluding hydrogens is 270 g/mol. The van der Waals surface area contributed by atoms with Crippen molar-refractivity contribution in [3.05, 3.63) is 34.3 Å². The second-order valence-corrected chi connectivity index (χ2v) is 7.10. The lowest BCUT2D eigenvalue weighted by atomic mass is 9.85. The van der Waals surface area contributed by atoms with Crippen LogP contribution in [0.15, 0.2) is 18.2 Å². The van der Waals surface area contributed by atoms with Gasteiger partial charge in [-0.2, -0.15) is 0 Å². The summed E-state index contributed by atoms with van der Waals surface area (Å²) in [6.45, 7) is 9.62. The fourth-order valence-corrected chi connectivity index (χ4v) is 3.30. The molecule has 0 bridgehead atoms. The van der Waals surface area contributed by atoms with Gasteiger partial charge in [-0.25, -0.2) is 0 Å². The van der Waals surface area contributed by atoms with Crippen molar-refractivity contribution in [1.29, 1.82) is 0 Å². The van der Waals surface area contributed by atoms with E-state index < -0.39 is 5.60 Å². The topological polar surface area (TPSA) is 23.5 Å². The summed E-state index contributed by atoms with van der Waals surface area (Å²) in [6.07, 6.45) is 2.34. The molecule has 0 unspecified atom stereocenters. The number of benzene rings is 1. The number of hydrogen-bond donors (Lipinski definition) is 1. The van der Waals surface area contributed by atoms with Crippen LogP contribution >= 0.6 is 11.6 Å². The molecule has 0 saturated carbocycles. The Labute approximate surface area is 127 Å². The lowest BCUT2D eigenvalue weighted by Crippen LogP contribution is -2.46. The highest BCUT2D eigenvalue weighted by atomic mass is 35.5. The van der Waals surface area contributed by atoms with E-state index in [2.05, 4.69) is 30.9 Å². The zero-order chi connectivity index (χ0) is 14.8. The Morgan fingerprint density at radius 1 is 1.30 bits per heavy atom. The summed E-state index contributed by atoms with van der Waals surface area (Å²) in [6, 6.07) is 6.10. The molecule has 1 saturated heterocycles. The second kappa shape index (κ2) is 6.46. The summed E-state index contributed by atoms with van der Waals surface area (Å²) >= 11 is 6.29. The first-order valence-corrected chi connectivity index (χ1v) is 7.95. The fourth-order valence-electron chi connectivity index (χ4n) is 3.00. The van der Waals surface area contributed by atoms with Crippen molar-refractivity contribution in [2.75, 3.05) is 19.6 Å². The molecule has 0 amide bonds. The van der Waals surface area contributed by atoms with E-state index in [4.69, 9.17) is 11.6 Å². The van der Waals surface area contributed by atoms with Crippen LogP contribution in [0.4, 0.5) is 0 Å². The maximum atomic E-state index is 10.8. The summed E-state index contributed by atoms with van der Waals surface area (Å²) in [5.41, 5.74) is 1.64. The second-order valence-electron chi connectivity index (χ2n) is 6.69. The predicted molar refractivity (Wildman–Crippen MR) is 85.4 cm³/mol. The van der Waals surface area contributed by atoms with E-state index in [1.807, 2.05) is 13.0 Å². The zero-order valence-electron chi connectivity index (χ0n) is 12.8. The first kappa shape index (κ1) is 15.8. The van der Waals surface area contributed by atoms with E-state index in [1.165, 1.54) is 0 Å². The van der Waals surface area contributed by atoms with Crippen LogP contribution in [0.1, 0.15) is 37.8 Å². The van der Waals surface area contributed by atoms with Gasteiger partial charge in [0.15, 0.2) is 0 Å². The molecule has 3 heteroatoms. The van der Waals surface area contributed by atoms with E-state index >= 15 is 0 Å². The van der Waals surface area contributed by atoms with E-state index in [1.54, 1.807) is 0 Å². The normalized spacial score (nSPS) is 19.5. The first-order chi connectivity index (χ1) is 9.38. The number of halogens is 1. The van der Waals surface area contributed by atoms with Crippen LogP contribution in [-0.4, -0.2) is 35.2 Å². The Kier molecular flexibility index (Phi) is 5.11. The molecule has 0 aromatic heterocycles. The molecule has 112 valence electrons. The SMILES string of the molecule is Cc1ccc(CC2(O)CCN(CC(C)C)CC2)c(Cl)c1. The smallest absolute Gasteiger partial charge is 0.0712 e. The van der Waals surface area contributed by atoms with Gasteiger partial charge in [0.05, 0.1) is 5.60 Å². The minimum absolute atomic E-state index is 0.591. The Morgan fingerprint density at radius 2 is 1.95 bits per heavy atom. The zero-order valence-corrected chi connectivity index (χ0v) is 13.6. The number of hydrogen-bond acceptors (Lipinski definition) is 2. The van der Waals surface area contributed by atoms with Gasteiger partial charge >= 0.3 is 0 Å². The van der Waals surface area contributed by atoms with E-state index in [-0.39, 0.29) is 0 Å². The third-order valence-electron chi connectivity index (χ3n) is 4.14. The number of piperidine rings is 1. The molecule has 1 aliphatic heterocycles. The Balaban J connectivity index is 1.96. The summed E-state index contributed by atoms with van der Waals surface area (Å²) in [7, 11) is 0. The Bertz CT molecular complexity index is 450. The van der Waals surface area contributed by atoms with E-state index in [9.17, 15) is 5.11 Å². The van der Waals surface area contributed by atoms with Crippen molar-refractivity contribution in [2.45, 2.75) is 45.6 Å². The lowest BCUT2D eigenvalue weighted by Gasteiger charge is -2.39.